The van der Waals surface area contributed by atoms with Crippen LogP contribution in [0.1, 0.15) is 43.9 Å². The average molecular weight is 570 g/mol. The topological polar surface area (TPSA) is 151 Å². The standard InChI is InChI=1S/C28H36FN7O5/c1-16(2)13-21-25-24(18(29)14-30-21)33-22(34-25)15-36-17(3)11-12-20(27(36)39)31-26(38)19(32-28(40)41-6)9-7-8-10-23(37)35(4)5/h8,10-12,14,16,19H,7,9,13,15H2,1-6H3,(H,31,38)(H,32,40)(H,33,34)/b10-8+. The van der Waals surface area contributed by atoms with E-state index in [1.54, 1.807) is 33.2 Å². The SMILES string of the molecule is COC(=O)NC(CC/C=C/C(=O)N(C)C)C(=O)Nc1ccc(C)n(Cc2nc3c(F)cnc(CC(C)C)c3[nH]2)c1=O. The number of fused-ring (bicyclic) bond motifs is 1. The van der Waals surface area contributed by atoms with Crippen LogP contribution in [-0.4, -0.2) is 69.6 Å². The lowest BCUT2D eigenvalue weighted by Crippen LogP contribution is -2.44. The van der Waals surface area contributed by atoms with Gasteiger partial charge in [-0.05, 0) is 50.3 Å². The van der Waals surface area contributed by atoms with Gasteiger partial charge in [-0.25, -0.2) is 14.2 Å². The minimum atomic E-state index is -1.04. The van der Waals surface area contributed by atoms with Crippen molar-refractivity contribution in [3.63, 3.8) is 0 Å². The number of amides is 3. The number of nitrogens with zero attached hydrogens (tertiary/aromatic N) is 4. The summed E-state index contributed by atoms with van der Waals surface area (Å²) in [5.41, 5.74) is 1.40. The number of H-pyrrole nitrogens is 1. The number of methoxy groups -OCH3 is 1. The van der Waals surface area contributed by atoms with Gasteiger partial charge in [0, 0.05) is 19.8 Å². The van der Waals surface area contributed by atoms with Crippen LogP contribution in [-0.2, 0) is 27.3 Å². The molecule has 0 spiro atoms. The molecule has 0 saturated heterocycles. The summed E-state index contributed by atoms with van der Waals surface area (Å²) in [6.07, 6.45) is 4.37. The lowest BCUT2D eigenvalue weighted by molar-refractivity contribution is -0.123. The Morgan fingerprint density at radius 1 is 1.24 bits per heavy atom. The molecule has 3 N–H and O–H groups in total. The molecule has 0 saturated carbocycles. The largest absolute Gasteiger partial charge is 0.453 e. The average Bonchev–Trinajstić information content (AvgIpc) is 3.36. The van der Waals surface area contributed by atoms with E-state index in [1.807, 2.05) is 13.8 Å². The molecule has 0 aromatic carbocycles. The molecule has 3 heterocycles. The molecule has 3 aromatic rings. The predicted octanol–water partition coefficient (Wildman–Crippen LogP) is 2.90. The molecule has 0 bridgehead atoms. The first kappa shape index (κ1) is 31.0. The number of likely N-dealkylation sites (N-methyl/N-ethyl adjacent to an activating group) is 1. The number of hydrogen-bond donors (Lipinski definition) is 3. The minimum Gasteiger partial charge on any atom is -0.453 e. The van der Waals surface area contributed by atoms with E-state index in [1.165, 1.54) is 28.7 Å². The summed E-state index contributed by atoms with van der Waals surface area (Å²) in [5, 5.41) is 5.04. The normalized spacial score (nSPS) is 12.1. The van der Waals surface area contributed by atoms with Crippen LogP contribution < -0.4 is 16.2 Å². The number of aromatic amines is 1. The second-order valence-corrected chi connectivity index (χ2v) is 10.2. The number of alkyl carbamates (subject to hydrolysis) is 1. The third-order valence-corrected chi connectivity index (χ3v) is 6.28. The molecular weight excluding hydrogens is 533 g/mol. The Labute approximate surface area is 237 Å². The van der Waals surface area contributed by atoms with Crippen molar-refractivity contribution in [1.82, 2.24) is 29.7 Å². The zero-order valence-corrected chi connectivity index (χ0v) is 24.1. The summed E-state index contributed by atoms with van der Waals surface area (Å²) in [6, 6.07) is 2.09. The molecule has 1 atom stereocenters. The van der Waals surface area contributed by atoms with Gasteiger partial charge in [0.25, 0.3) is 5.56 Å². The van der Waals surface area contributed by atoms with E-state index in [2.05, 4.69) is 30.3 Å². The lowest BCUT2D eigenvalue weighted by atomic mass is 10.1. The Hall–Kier alpha value is -4.55. The molecule has 3 amide bonds. The van der Waals surface area contributed by atoms with Gasteiger partial charge >= 0.3 is 6.09 Å². The highest BCUT2D eigenvalue weighted by atomic mass is 19.1. The van der Waals surface area contributed by atoms with Crippen molar-refractivity contribution in [2.24, 2.45) is 5.92 Å². The number of carbonyl (C=O) groups is 3. The number of imidazole rings is 1. The van der Waals surface area contributed by atoms with Crippen molar-refractivity contribution in [1.29, 1.82) is 0 Å². The van der Waals surface area contributed by atoms with Crippen molar-refractivity contribution in [2.75, 3.05) is 26.5 Å². The van der Waals surface area contributed by atoms with E-state index in [9.17, 15) is 23.6 Å². The number of carbonyl (C=O) groups excluding carboxylic acids is 3. The van der Waals surface area contributed by atoms with Crippen LogP contribution in [0.15, 0.2) is 35.3 Å². The fourth-order valence-electron chi connectivity index (χ4n) is 4.08. The van der Waals surface area contributed by atoms with Crippen LogP contribution in [0.2, 0.25) is 0 Å². The third-order valence-electron chi connectivity index (χ3n) is 6.28. The van der Waals surface area contributed by atoms with Crippen molar-refractivity contribution in [3.05, 3.63) is 63.9 Å². The van der Waals surface area contributed by atoms with E-state index in [0.717, 1.165) is 6.20 Å². The molecule has 0 fully saturated rings. The van der Waals surface area contributed by atoms with E-state index in [-0.39, 0.29) is 30.1 Å². The molecule has 220 valence electrons. The molecule has 13 heteroatoms. The number of halogens is 1. The Morgan fingerprint density at radius 2 is 1.98 bits per heavy atom. The first-order valence-corrected chi connectivity index (χ1v) is 13.2. The van der Waals surface area contributed by atoms with E-state index in [4.69, 9.17) is 0 Å². The fraction of sp³-hybridized carbons (Fsp3) is 0.429. The zero-order valence-electron chi connectivity index (χ0n) is 24.1. The number of pyridine rings is 2. The Kier molecular flexibility index (Phi) is 10.3. The fourth-order valence-corrected chi connectivity index (χ4v) is 4.08. The molecule has 41 heavy (non-hydrogen) atoms. The highest BCUT2D eigenvalue weighted by molar-refractivity contribution is 5.96. The number of rotatable bonds is 11. The highest BCUT2D eigenvalue weighted by Gasteiger charge is 2.22. The van der Waals surface area contributed by atoms with E-state index in [0.29, 0.717) is 41.5 Å². The maximum Gasteiger partial charge on any atom is 0.407 e. The van der Waals surface area contributed by atoms with Gasteiger partial charge in [-0.2, -0.15) is 0 Å². The van der Waals surface area contributed by atoms with Crippen LogP contribution in [0.25, 0.3) is 11.0 Å². The number of ether oxygens (including phenoxy) is 1. The van der Waals surface area contributed by atoms with Crippen LogP contribution in [0.3, 0.4) is 0 Å². The third kappa shape index (κ3) is 7.99. The number of aromatic nitrogens is 4. The van der Waals surface area contributed by atoms with Gasteiger partial charge in [0.15, 0.2) is 5.82 Å². The molecule has 0 aliphatic heterocycles. The summed E-state index contributed by atoms with van der Waals surface area (Å²) in [4.78, 5) is 63.2. The first-order valence-electron chi connectivity index (χ1n) is 13.2. The summed E-state index contributed by atoms with van der Waals surface area (Å²) >= 11 is 0. The van der Waals surface area contributed by atoms with Crippen LogP contribution in [0, 0.1) is 18.7 Å². The summed E-state index contributed by atoms with van der Waals surface area (Å²) in [6.45, 7) is 5.79. The molecule has 3 rings (SSSR count). The Balaban J connectivity index is 1.83. The van der Waals surface area contributed by atoms with Gasteiger partial charge in [-0.1, -0.05) is 19.9 Å². The minimum absolute atomic E-state index is 0.00183. The summed E-state index contributed by atoms with van der Waals surface area (Å²) < 4.78 is 20.5. The second kappa shape index (κ2) is 13.7. The monoisotopic (exact) mass is 569 g/mol. The summed E-state index contributed by atoms with van der Waals surface area (Å²) in [7, 11) is 4.40. The van der Waals surface area contributed by atoms with Gasteiger partial charge in [0.1, 0.15) is 23.1 Å². The van der Waals surface area contributed by atoms with Gasteiger partial charge in [-0.3, -0.25) is 19.4 Å². The lowest BCUT2D eigenvalue weighted by Gasteiger charge is -2.18. The van der Waals surface area contributed by atoms with Crippen molar-refractivity contribution in [3.8, 4) is 0 Å². The van der Waals surface area contributed by atoms with E-state index >= 15 is 0 Å². The van der Waals surface area contributed by atoms with Gasteiger partial charge in [0.05, 0.1) is 31.1 Å². The first-order chi connectivity index (χ1) is 19.4. The maximum absolute atomic E-state index is 14.5. The summed E-state index contributed by atoms with van der Waals surface area (Å²) in [5.74, 6) is -0.764. The van der Waals surface area contributed by atoms with Gasteiger partial charge in [0.2, 0.25) is 11.8 Å². The second-order valence-electron chi connectivity index (χ2n) is 10.2. The van der Waals surface area contributed by atoms with E-state index < -0.39 is 29.4 Å². The predicted molar refractivity (Wildman–Crippen MR) is 152 cm³/mol. The van der Waals surface area contributed by atoms with Crippen LogP contribution in [0.4, 0.5) is 14.9 Å². The van der Waals surface area contributed by atoms with Crippen LogP contribution in [0.5, 0.6) is 0 Å². The molecule has 1 unspecified atom stereocenters. The highest BCUT2D eigenvalue weighted by Crippen LogP contribution is 2.21. The number of allylic oxidation sites excluding steroid dienone is 1. The Bertz CT molecular complexity index is 1510. The van der Waals surface area contributed by atoms with Crippen LogP contribution >= 0.6 is 0 Å². The van der Waals surface area contributed by atoms with Crippen molar-refractivity contribution in [2.45, 2.75) is 52.6 Å². The molecule has 0 radical (unpaired) electrons. The molecule has 3 aromatic heterocycles. The number of aryl methyl sites for hydroxylation is 1. The number of anilines is 1. The van der Waals surface area contributed by atoms with Gasteiger partial charge < -0.3 is 29.8 Å². The number of hydrogen-bond acceptors (Lipinski definition) is 7. The molecule has 0 aliphatic carbocycles. The maximum atomic E-state index is 14.5. The zero-order chi connectivity index (χ0) is 30.3. The quantitative estimate of drug-likeness (QED) is 0.300. The smallest absolute Gasteiger partial charge is 0.407 e. The molecule has 12 nitrogen and oxygen atoms in total. The molecule has 0 aliphatic rings. The van der Waals surface area contributed by atoms with Crippen molar-refractivity contribution >= 4 is 34.6 Å². The Morgan fingerprint density at radius 3 is 2.63 bits per heavy atom. The van der Waals surface area contributed by atoms with Gasteiger partial charge in [-0.15, -0.1) is 0 Å². The molecular formula is C28H36FN7O5. The number of nitrogens with one attached hydrogen (secondary N) is 3. The van der Waals surface area contributed by atoms with Crippen molar-refractivity contribution < 1.29 is 23.5 Å².